The Labute approximate surface area is 504 Å². The van der Waals surface area contributed by atoms with Gasteiger partial charge in [-0.05, 0) is 83.5 Å². The monoisotopic (exact) mass is 1160 g/mol. The number of hydrogen-bond acceptors (Lipinski definition) is 10. The fourth-order valence-electron chi connectivity index (χ4n) is 11.1. The molecule has 1 heterocycles. The Balaban J connectivity index is 1.91. The number of rotatable bonds is 62. The first-order valence-corrected chi connectivity index (χ1v) is 35.3. The summed E-state index contributed by atoms with van der Waals surface area (Å²) < 4.78 is 16.7. The first-order valence-electron chi connectivity index (χ1n) is 35.3. The third kappa shape index (κ3) is 49.0. The lowest BCUT2D eigenvalue weighted by Gasteiger charge is -2.40. The van der Waals surface area contributed by atoms with Crippen LogP contribution in [0.25, 0.3) is 0 Å². The minimum atomic E-state index is -1.57. The van der Waals surface area contributed by atoms with E-state index in [1.165, 1.54) is 257 Å². The number of allylic oxidation sites excluding steroid dienone is 5. The molecule has 0 aromatic carbocycles. The maximum atomic E-state index is 13.0. The summed E-state index contributed by atoms with van der Waals surface area (Å²) in [6, 6.07) is -0.807. The summed E-state index contributed by atoms with van der Waals surface area (Å²) in [6.07, 6.45) is 67.3. The standard InChI is InChI=1S/C71H133NO10/c1-3-5-7-9-11-13-14-15-36-39-43-47-51-55-59-67(76)80-60-56-52-48-44-40-37-34-32-30-28-26-24-22-20-18-16-17-19-21-23-25-27-29-31-33-35-38-42-46-50-54-58-66(75)72-63(64(74)57-53-49-45-41-12-10-8-6-4-2)62-81-71-70(79)69(78)68(77)65(61-73)82-71/h14-15,18,20,53,57,63-65,68-71,73-74,77-79H,3-13,16-17,19,21-52,54-56,58-62H2,1-2H3,(H,72,75)/b15-14-,20-18-,57-53+. The summed E-state index contributed by atoms with van der Waals surface area (Å²) in [4.78, 5) is 25.1. The Morgan fingerprint density at radius 3 is 1.17 bits per heavy atom. The molecule has 7 atom stereocenters. The predicted molar refractivity (Wildman–Crippen MR) is 343 cm³/mol. The van der Waals surface area contributed by atoms with Crippen LogP contribution in [0.15, 0.2) is 36.5 Å². The lowest BCUT2D eigenvalue weighted by Crippen LogP contribution is -2.60. The van der Waals surface area contributed by atoms with Gasteiger partial charge < -0.3 is 45.1 Å². The van der Waals surface area contributed by atoms with E-state index in [9.17, 15) is 35.1 Å². The molecule has 11 heteroatoms. The molecule has 82 heavy (non-hydrogen) atoms. The molecule has 11 nitrogen and oxygen atoms in total. The summed E-state index contributed by atoms with van der Waals surface area (Å²) in [5.74, 6) is -0.179. The second-order valence-corrected chi connectivity index (χ2v) is 24.6. The SMILES string of the molecule is CCCCCCC/C=C\CCCCCCCC(=O)OCCCCCCCCCCCCCC/C=C\CCCCCCCCCCCCCCCCCC(=O)NC(COC1OC(CO)C(O)C(O)C1O)C(O)/C=C/CCCCCCCCC. The molecule has 1 amide bonds. The molecule has 6 N–H and O–H groups in total. The minimum absolute atomic E-state index is 0.00133. The highest BCUT2D eigenvalue weighted by atomic mass is 16.7. The van der Waals surface area contributed by atoms with Crippen molar-refractivity contribution in [2.24, 2.45) is 0 Å². The van der Waals surface area contributed by atoms with Crippen LogP contribution >= 0.6 is 0 Å². The van der Waals surface area contributed by atoms with Crippen molar-refractivity contribution < 1.29 is 49.3 Å². The van der Waals surface area contributed by atoms with Gasteiger partial charge in [-0.1, -0.05) is 281 Å². The Morgan fingerprint density at radius 1 is 0.439 bits per heavy atom. The van der Waals surface area contributed by atoms with Crippen LogP contribution in [0.4, 0.5) is 0 Å². The number of hydrogen-bond donors (Lipinski definition) is 6. The van der Waals surface area contributed by atoms with Crippen LogP contribution in [0.1, 0.15) is 341 Å². The number of aliphatic hydroxyl groups is 5. The van der Waals surface area contributed by atoms with Gasteiger partial charge in [0.2, 0.25) is 5.91 Å². The van der Waals surface area contributed by atoms with Gasteiger partial charge in [-0.2, -0.15) is 0 Å². The van der Waals surface area contributed by atoms with Gasteiger partial charge in [0.1, 0.15) is 24.4 Å². The van der Waals surface area contributed by atoms with Gasteiger partial charge in [-0.15, -0.1) is 0 Å². The zero-order chi connectivity index (χ0) is 59.5. The van der Waals surface area contributed by atoms with Crippen LogP contribution in [0.5, 0.6) is 0 Å². The molecular weight excluding hydrogens is 1030 g/mol. The summed E-state index contributed by atoms with van der Waals surface area (Å²) >= 11 is 0. The normalized spacial score (nSPS) is 18.4. The fourth-order valence-corrected chi connectivity index (χ4v) is 11.1. The Hall–Kier alpha value is -2.12. The highest BCUT2D eigenvalue weighted by Gasteiger charge is 2.44. The van der Waals surface area contributed by atoms with Crippen molar-refractivity contribution in [3.63, 3.8) is 0 Å². The first-order chi connectivity index (χ1) is 40.2. The van der Waals surface area contributed by atoms with Crippen LogP contribution in [0.2, 0.25) is 0 Å². The fraction of sp³-hybridized carbons (Fsp3) is 0.887. The summed E-state index contributed by atoms with van der Waals surface area (Å²) in [6.45, 7) is 4.33. The summed E-state index contributed by atoms with van der Waals surface area (Å²) in [7, 11) is 0. The zero-order valence-corrected chi connectivity index (χ0v) is 53.5. The van der Waals surface area contributed by atoms with Crippen LogP contribution in [-0.4, -0.2) is 100 Å². The van der Waals surface area contributed by atoms with E-state index in [-0.39, 0.29) is 18.5 Å². The smallest absolute Gasteiger partial charge is 0.305 e. The number of amides is 1. The lowest BCUT2D eigenvalue weighted by atomic mass is 9.99. The number of esters is 1. The molecule has 1 saturated heterocycles. The number of carbonyl (C=O) groups excluding carboxylic acids is 2. The van der Waals surface area contributed by atoms with Gasteiger partial charge in [0.25, 0.3) is 0 Å². The molecule has 0 radical (unpaired) electrons. The van der Waals surface area contributed by atoms with Crippen molar-refractivity contribution in [1.29, 1.82) is 0 Å². The predicted octanol–water partition coefficient (Wildman–Crippen LogP) is 17.8. The van der Waals surface area contributed by atoms with Crippen molar-refractivity contribution in [3.05, 3.63) is 36.5 Å². The number of unbranched alkanes of at least 4 members (excludes halogenated alkanes) is 44. The van der Waals surface area contributed by atoms with Crippen LogP contribution in [0, 0.1) is 0 Å². The number of aliphatic hydroxyl groups excluding tert-OH is 5. The van der Waals surface area contributed by atoms with Crippen molar-refractivity contribution in [3.8, 4) is 0 Å². The molecular formula is C71H133NO10. The molecule has 0 aliphatic carbocycles. The van der Waals surface area contributed by atoms with E-state index in [1.807, 2.05) is 6.08 Å². The molecule has 1 rings (SSSR count). The molecule has 482 valence electrons. The maximum absolute atomic E-state index is 13.0. The molecule has 0 aromatic rings. The van der Waals surface area contributed by atoms with E-state index in [1.54, 1.807) is 6.08 Å². The van der Waals surface area contributed by atoms with E-state index in [0.29, 0.717) is 19.4 Å². The molecule has 0 saturated carbocycles. The molecule has 0 spiro atoms. The van der Waals surface area contributed by atoms with E-state index < -0.39 is 49.5 Å². The van der Waals surface area contributed by atoms with Crippen LogP contribution < -0.4 is 5.32 Å². The number of carbonyl (C=O) groups is 2. The van der Waals surface area contributed by atoms with Crippen molar-refractivity contribution in [1.82, 2.24) is 5.32 Å². The van der Waals surface area contributed by atoms with Gasteiger partial charge in [-0.25, -0.2) is 0 Å². The van der Waals surface area contributed by atoms with E-state index in [0.717, 1.165) is 57.8 Å². The number of ether oxygens (including phenoxy) is 3. The van der Waals surface area contributed by atoms with Gasteiger partial charge in [0.05, 0.1) is 32.0 Å². The number of nitrogens with one attached hydrogen (secondary N) is 1. The van der Waals surface area contributed by atoms with Gasteiger partial charge in [0, 0.05) is 12.8 Å². The van der Waals surface area contributed by atoms with Crippen molar-refractivity contribution >= 4 is 11.9 Å². The highest BCUT2D eigenvalue weighted by Crippen LogP contribution is 2.23. The first kappa shape index (κ1) is 77.9. The Morgan fingerprint density at radius 2 is 0.780 bits per heavy atom. The molecule has 7 unspecified atom stereocenters. The zero-order valence-electron chi connectivity index (χ0n) is 53.5. The summed E-state index contributed by atoms with van der Waals surface area (Å²) in [5.41, 5.74) is 0. The molecule has 0 aromatic heterocycles. The molecule has 1 fully saturated rings. The highest BCUT2D eigenvalue weighted by molar-refractivity contribution is 5.76. The third-order valence-corrected chi connectivity index (χ3v) is 16.7. The van der Waals surface area contributed by atoms with Crippen LogP contribution in [0.3, 0.4) is 0 Å². The average molecular weight is 1160 g/mol. The van der Waals surface area contributed by atoms with Crippen LogP contribution in [-0.2, 0) is 23.8 Å². The van der Waals surface area contributed by atoms with E-state index >= 15 is 0 Å². The van der Waals surface area contributed by atoms with Crippen molar-refractivity contribution in [2.75, 3.05) is 19.8 Å². The topological polar surface area (TPSA) is 175 Å². The van der Waals surface area contributed by atoms with Gasteiger partial charge in [0.15, 0.2) is 6.29 Å². The molecule has 0 bridgehead atoms. The van der Waals surface area contributed by atoms with E-state index in [4.69, 9.17) is 14.2 Å². The van der Waals surface area contributed by atoms with Gasteiger partial charge in [-0.3, -0.25) is 9.59 Å². The molecule has 1 aliphatic rings. The minimum Gasteiger partial charge on any atom is -0.466 e. The lowest BCUT2D eigenvalue weighted by molar-refractivity contribution is -0.302. The van der Waals surface area contributed by atoms with E-state index in [2.05, 4.69) is 43.5 Å². The molecule has 1 aliphatic heterocycles. The van der Waals surface area contributed by atoms with Gasteiger partial charge >= 0.3 is 5.97 Å². The Bertz CT molecular complexity index is 1460. The quantitative estimate of drug-likeness (QED) is 0.0195. The summed E-state index contributed by atoms with van der Waals surface area (Å²) in [5, 5.41) is 54.3. The van der Waals surface area contributed by atoms with Crippen molar-refractivity contribution in [2.45, 2.75) is 384 Å². The Kier molecular flexibility index (Phi) is 57.5. The third-order valence-electron chi connectivity index (χ3n) is 16.7. The largest absolute Gasteiger partial charge is 0.466 e. The average Bonchev–Trinajstić information content (AvgIpc) is 3.64. The maximum Gasteiger partial charge on any atom is 0.305 e. The second kappa shape index (κ2) is 60.6. The second-order valence-electron chi connectivity index (χ2n) is 24.6.